The minimum Gasteiger partial charge on any atom is -0.508 e. The molecule has 0 amide bonds. The number of hydrogen-bond donors (Lipinski definition) is 1. The number of imidazole rings is 1. The average Bonchev–Trinajstić information content (AvgIpc) is 2.67. The van der Waals surface area contributed by atoms with E-state index in [1.54, 1.807) is 12.1 Å². The zero-order valence-corrected chi connectivity index (χ0v) is 11.8. The van der Waals surface area contributed by atoms with Crippen LogP contribution in [0.25, 0.3) is 11.4 Å². The van der Waals surface area contributed by atoms with Crippen LogP contribution in [0, 0.1) is 5.92 Å². The van der Waals surface area contributed by atoms with Crippen LogP contribution in [0.2, 0.25) is 0 Å². The highest BCUT2D eigenvalue weighted by Crippen LogP contribution is 2.32. The first kappa shape index (κ1) is 11.8. The molecule has 1 aromatic carbocycles. The Bertz CT molecular complexity index is 591. The second kappa shape index (κ2) is 4.43. The Morgan fingerprint density at radius 2 is 2.28 bits per heavy atom. The van der Waals surface area contributed by atoms with Crippen LogP contribution in [0.4, 0.5) is 0 Å². The van der Waals surface area contributed by atoms with E-state index in [9.17, 15) is 5.11 Å². The van der Waals surface area contributed by atoms with Crippen molar-refractivity contribution in [2.24, 2.45) is 5.92 Å². The van der Waals surface area contributed by atoms with E-state index in [0.29, 0.717) is 5.92 Å². The molecule has 3 nitrogen and oxygen atoms in total. The molecule has 1 atom stereocenters. The summed E-state index contributed by atoms with van der Waals surface area (Å²) in [7, 11) is 0. The molecule has 1 aliphatic heterocycles. The van der Waals surface area contributed by atoms with Crippen molar-refractivity contribution in [3.8, 4) is 17.1 Å². The summed E-state index contributed by atoms with van der Waals surface area (Å²) < 4.78 is 3.20. The van der Waals surface area contributed by atoms with Crippen LogP contribution in [0.5, 0.6) is 5.75 Å². The summed E-state index contributed by atoms with van der Waals surface area (Å²) >= 11 is 3.55. The summed E-state index contributed by atoms with van der Waals surface area (Å²) in [6.07, 6.45) is 2.24. The lowest BCUT2D eigenvalue weighted by Gasteiger charge is -2.22. The van der Waals surface area contributed by atoms with Gasteiger partial charge in [0.15, 0.2) is 0 Å². The largest absolute Gasteiger partial charge is 0.508 e. The maximum atomic E-state index is 9.58. The van der Waals surface area contributed by atoms with Gasteiger partial charge in [-0.2, -0.15) is 0 Å². The van der Waals surface area contributed by atoms with E-state index in [-0.39, 0.29) is 5.75 Å². The fourth-order valence-electron chi connectivity index (χ4n) is 2.54. The summed E-state index contributed by atoms with van der Waals surface area (Å²) in [5.74, 6) is 1.94. The molecule has 0 saturated heterocycles. The normalized spacial score (nSPS) is 18.7. The molecule has 1 aliphatic rings. The highest BCUT2D eigenvalue weighted by atomic mass is 79.9. The first-order valence-electron chi connectivity index (χ1n) is 6.19. The van der Waals surface area contributed by atoms with Crippen molar-refractivity contribution in [1.29, 1.82) is 0 Å². The smallest absolute Gasteiger partial charge is 0.141 e. The van der Waals surface area contributed by atoms with Gasteiger partial charge in [-0.3, -0.25) is 0 Å². The second-order valence-electron chi connectivity index (χ2n) is 4.97. The van der Waals surface area contributed by atoms with Crippen molar-refractivity contribution in [3.63, 3.8) is 0 Å². The van der Waals surface area contributed by atoms with Crippen LogP contribution >= 0.6 is 15.9 Å². The van der Waals surface area contributed by atoms with E-state index in [2.05, 4.69) is 32.4 Å². The molecule has 0 aliphatic carbocycles. The van der Waals surface area contributed by atoms with Gasteiger partial charge in [-0.05, 0) is 46.8 Å². The number of phenols is 1. The molecule has 2 heterocycles. The van der Waals surface area contributed by atoms with Gasteiger partial charge in [0.25, 0.3) is 0 Å². The molecule has 1 N–H and O–H groups in total. The van der Waals surface area contributed by atoms with Gasteiger partial charge in [0, 0.05) is 12.1 Å². The predicted octanol–water partition coefficient (Wildman–Crippen LogP) is 3.60. The summed E-state index contributed by atoms with van der Waals surface area (Å²) in [6, 6.07) is 7.28. The van der Waals surface area contributed by atoms with Crippen molar-refractivity contribution in [3.05, 3.63) is 34.6 Å². The number of aromatic nitrogens is 2. The molecule has 0 bridgehead atoms. The van der Waals surface area contributed by atoms with E-state index >= 15 is 0 Å². The Morgan fingerprint density at radius 3 is 3.06 bits per heavy atom. The van der Waals surface area contributed by atoms with Crippen LogP contribution < -0.4 is 0 Å². The van der Waals surface area contributed by atoms with E-state index in [1.165, 1.54) is 12.1 Å². The summed E-state index contributed by atoms with van der Waals surface area (Å²) in [6.45, 7) is 3.27. The molecule has 0 saturated carbocycles. The highest BCUT2D eigenvalue weighted by molar-refractivity contribution is 9.10. The molecule has 1 aromatic heterocycles. The van der Waals surface area contributed by atoms with Crippen LogP contribution in [-0.2, 0) is 13.0 Å². The third kappa shape index (κ3) is 1.94. The van der Waals surface area contributed by atoms with E-state index < -0.39 is 0 Å². The van der Waals surface area contributed by atoms with Crippen LogP contribution in [-0.4, -0.2) is 14.7 Å². The zero-order chi connectivity index (χ0) is 12.7. The lowest BCUT2D eigenvalue weighted by atomic mass is 9.98. The Kier molecular flexibility index (Phi) is 2.90. The van der Waals surface area contributed by atoms with E-state index in [0.717, 1.165) is 29.0 Å². The summed E-state index contributed by atoms with van der Waals surface area (Å²) in [5.41, 5.74) is 2.24. The molecule has 0 spiro atoms. The number of rotatable bonds is 1. The maximum absolute atomic E-state index is 9.58. The minimum absolute atomic E-state index is 0.283. The summed E-state index contributed by atoms with van der Waals surface area (Å²) in [4.78, 5) is 4.61. The number of halogens is 1. The molecule has 18 heavy (non-hydrogen) atoms. The van der Waals surface area contributed by atoms with Crippen molar-refractivity contribution in [2.45, 2.75) is 26.3 Å². The van der Waals surface area contributed by atoms with E-state index in [4.69, 9.17) is 0 Å². The first-order chi connectivity index (χ1) is 8.65. The Hall–Kier alpha value is -1.29. The monoisotopic (exact) mass is 306 g/mol. The standard InChI is InChI=1S/C14H15BrN2O/c1-9-5-6-17-12(7-9)13(15)16-14(17)10-3-2-4-11(18)8-10/h2-4,8-9,18H,5-7H2,1H3. The van der Waals surface area contributed by atoms with Crippen molar-refractivity contribution in [1.82, 2.24) is 9.55 Å². The van der Waals surface area contributed by atoms with Gasteiger partial charge >= 0.3 is 0 Å². The predicted molar refractivity (Wildman–Crippen MR) is 74.5 cm³/mol. The number of benzene rings is 1. The molecule has 4 heteroatoms. The third-order valence-electron chi connectivity index (χ3n) is 3.52. The van der Waals surface area contributed by atoms with Crippen LogP contribution in [0.3, 0.4) is 0 Å². The SMILES string of the molecule is CC1CCn2c(-c3cccc(O)c3)nc(Br)c2C1. The Labute approximate surface area is 115 Å². The average molecular weight is 307 g/mol. The van der Waals surface area contributed by atoms with Crippen LogP contribution in [0.15, 0.2) is 28.9 Å². The van der Waals surface area contributed by atoms with Gasteiger partial charge in [-0.1, -0.05) is 19.1 Å². The number of phenolic OH excluding ortho intramolecular Hbond substituents is 1. The molecule has 2 aromatic rings. The molecular weight excluding hydrogens is 292 g/mol. The van der Waals surface area contributed by atoms with Gasteiger partial charge in [0.05, 0.1) is 5.69 Å². The van der Waals surface area contributed by atoms with Crippen molar-refractivity contribution in [2.75, 3.05) is 0 Å². The highest BCUT2D eigenvalue weighted by Gasteiger charge is 2.22. The molecule has 0 radical (unpaired) electrons. The Balaban J connectivity index is 2.11. The quantitative estimate of drug-likeness (QED) is 0.874. The number of fused-ring (bicyclic) bond motifs is 1. The topological polar surface area (TPSA) is 38.0 Å². The molecule has 1 unspecified atom stereocenters. The van der Waals surface area contributed by atoms with Crippen LogP contribution in [0.1, 0.15) is 19.0 Å². The zero-order valence-electron chi connectivity index (χ0n) is 10.2. The van der Waals surface area contributed by atoms with Crippen molar-refractivity contribution >= 4 is 15.9 Å². The molecule has 0 fully saturated rings. The fourth-order valence-corrected chi connectivity index (χ4v) is 3.08. The van der Waals surface area contributed by atoms with Gasteiger partial charge in [0.1, 0.15) is 16.2 Å². The molecule has 3 rings (SSSR count). The lowest BCUT2D eigenvalue weighted by molar-refractivity contribution is 0.418. The Morgan fingerprint density at radius 1 is 1.44 bits per heavy atom. The maximum Gasteiger partial charge on any atom is 0.141 e. The van der Waals surface area contributed by atoms with Gasteiger partial charge in [-0.15, -0.1) is 0 Å². The van der Waals surface area contributed by atoms with Crippen molar-refractivity contribution < 1.29 is 5.11 Å². The number of hydrogen-bond acceptors (Lipinski definition) is 2. The molecule has 94 valence electrons. The van der Waals surface area contributed by atoms with Gasteiger partial charge in [-0.25, -0.2) is 4.98 Å². The van der Waals surface area contributed by atoms with Gasteiger partial charge < -0.3 is 9.67 Å². The summed E-state index contributed by atoms with van der Waals surface area (Å²) in [5, 5.41) is 9.58. The molecular formula is C14H15BrN2O. The fraction of sp³-hybridized carbons (Fsp3) is 0.357. The lowest BCUT2D eigenvalue weighted by Crippen LogP contribution is -2.17. The van der Waals surface area contributed by atoms with Gasteiger partial charge in [0.2, 0.25) is 0 Å². The second-order valence-corrected chi connectivity index (χ2v) is 5.72. The third-order valence-corrected chi connectivity index (χ3v) is 4.15. The minimum atomic E-state index is 0.283. The number of nitrogens with zero attached hydrogens (tertiary/aromatic N) is 2. The van der Waals surface area contributed by atoms with E-state index in [1.807, 2.05) is 12.1 Å². The first-order valence-corrected chi connectivity index (χ1v) is 6.99. The number of aromatic hydroxyl groups is 1.